The molecule has 1 heterocycles. The van der Waals surface area contributed by atoms with Crippen LogP contribution in [0.2, 0.25) is 10.0 Å². The zero-order chi connectivity index (χ0) is 18.4. The van der Waals surface area contributed by atoms with Gasteiger partial charge >= 0.3 is 6.18 Å². The fraction of sp³-hybridized carbons (Fsp3) is 0.316. The molecular formula is C19H16Cl2F3N. The second kappa shape index (κ2) is 6.65. The fourth-order valence-electron chi connectivity index (χ4n) is 3.20. The van der Waals surface area contributed by atoms with Crippen LogP contribution in [0.4, 0.5) is 13.2 Å². The Kier molecular flexibility index (Phi) is 4.86. The molecule has 0 fully saturated rings. The SMILES string of the molecule is CC1CC(C(F)(F)F)=Cc2cc(-c3ccncc3Cl)c(Cl)cc2C1C. The average molecular weight is 386 g/mol. The van der Waals surface area contributed by atoms with Gasteiger partial charge in [-0.3, -0.25) is 4.98 Å². The molecule has 132 valence electrons. The van der Waals surface area contributed by atoms with Crippen LogP contribution < -0.4 is 0 Å². The monoisotopic (exact) mass is 385 g/mol. The van der Waals surface area contributed by atoms with Gasteiger partial charge in [0.05, 0.1) is 5.02 Å². The van der Waals surface area contributed by atoms with E-state index in [2.05, 4.69) is 4.98 Å². The molecule has 6 heteroatoms. The van der Waals surface area contributed by atoms with Crippen molar-refractivity contribution in [2.45, 2.75) is 32.4 Å². The van der Waals surface area contributed by atoms with Crippen molar-refractivity contribution in [2.24, 2.45) is 5.92 Å². The molecule has 0 radical (unpaired) electrons. The number of hydrogen-bond donors (Lipinski definition) is 0. The normalized spacial score (nSPS) is 20.7. The van der Waals surface area contributed by atoms with E-state index in [9.17, 15) is 13.2 Å². The summed E-state index contributed by atoms with van der Waals surface area (Å²) in [7, 11) is 0. The van der Waals surface area contributed by atoms with Gasteiger partial charge in [-0.2, -0.15) is 13.2 Å². The second-order valence-electron chi connectivity index (χ2n) is 6.45. The smallest absolute Gasteiger partial charge is 0.263 e. The fourth-order valence-corrected chi connectivity index (χ4v) is 3.69. The average Bonchev–Trinajstić information content (AvgIpc) is 2.65. The number of pyridine rings is 1. The number of halogens is 5. The highest BCUT2D eigenvalue weighted by atomic mass is 35.5. The molecule has 1 aliphatic rings. The Morgan fingerprint density at radius 1 is 1.08 bits per heavy atom. The van der Waals surface area contributed by atoms with Crippen molar-refractivity contribution < 1.29 is 13.2 Å². The zero-order valence-corrected chi connectivity index (χ0v) is 15.2. The Labute approximate surface area is 154 Å². The first-order valence-electron chi connectivity index (χ1n) is 7.89. The van der Waals surface area contributed by atoms with Gasteiger partial charge in [-0.05, 0) is 53.7 Å². The van der Waals surface area contributed by atoms with Gasteiger partial charge in [0.25, 0.3) is 0 Å². The minimum atomic E-state index is -4.34. The first-order chi connectivity index (χ1) is 11.7. The van der Waals surface area contributed by atoms with E-state index in [-0.39, 0.29) is 18.3 Å². The summed E-state index contributed by atoms with van der Waals surface area (Å²) >= 11 is 12.6. The van der Waals surface area contributed by atoms with Crippen molar-refractivity contribution in [1.82, 2.24) is 4.98 Å². The van der Waals surface area contributed by atoms with Crippen molar-refractivity contribution in [2.75, 3.05) is 0 Å². The molecule has 0 amide bonds. The van der Waals surface area contributed by atoms with Crippen LogP contribution in [0.5, 0.6) is 0 Å². The van der Waals surface area contributed by atoms with Crippen LogP contribution in [-0.2, 0) is 0 Å². The predicted molar refractivity (Wildman–Crippen MR) is 95.9 cm³/mol. The lowest BCUT2D eigenvalue weighted by Crippen LogP contribution is -2.15. The molecule has 0 bridgehead atoms. The Morgan fingerprint density at radius 2 is 1.80 bits per heavy atom. The third-order valence-corrected chi connectivity index (χ3v) is 5.43. The van der Waals surface area contributed by atoms with Crippen LogP contribution in [0.25, 0.3) is 17.2 Å². The first-order valence-corrected chi connectivity index (χ1v) is 8.65. The van der Waals surface area contributed by atoms with Crippen LogP contribution in [0.1, 0.15) is 37.3 Å². The Morgan fingerprint density at radius 3 is 2.44 bits per heavy atom. The van der Waals surface area contributed by atoms with Crippen molar-refractivity contribution in [3.8, 4) is 11.1 Å². The number of allylic oxidation sites excluding steroid dienone is 1. The number of rotatable bonds is 1. The van der Waals surface area contributed by atoms with Crippen molar-refractivity contribution in [3.63, 3.8) is 0 Å². The first kappa shape index (κ1) is 18.3. The summed E-state index contributed by atoms with van der Waals surface area (Å²) in [6.45, 7) is 3.77. The summed E-state index contributed by atoms with van der Waals surface area (Å²) in [6, 6.07) is 5.16. The summed E-state index contributed by atoms with van der Waals surface area (Å²) in [6.07, 6.45) is -0.0538. The molecule has 1 nitrogen and oxygen atoms in total. The van der Waals surface area contributed by atoms with E-state index in [1.54, 1.807) is 24.4 Å². The van der Waals surface area contributed by atoms with E-state index < -0.39 is 11.7 Å². The van der Waals surface area contributed by atoms with Gasteiger partial charge in [-0.15, -0.1) is 0 Å². The molecule has 3 rings (SSSR count). The van der Waals surface area contributed by atoms with Crippen molar-refractivity contribution >= 4 is 29.3 Å². The standard InChI is InChI=1S/C19H16Cl2F3N/c1-10-5-13(19(22,23)24)6-12-7-16(14-3-4-25-9-18(14)21)17(20)8-15(12)11(10)2/h3-4,6-11H,5H2,1-2H3. The summed E-state index contributed by atoms with van der Waals surface area (Å²) in [5, 5.41) is 0.870. The van der Waals surface area contributed by atoms with Gasteiger partial charge in [0.2, 0.25) is 0 Å². The maximum absolute atomic E-state index is 13.4. The zero-order valence-electron chi connectivity index (χ0n) is 13.7. The highest BCUT2D eigenvalue weighted by Gasteiger charge is 2.37. The molecule has 2 unspecified atom stereocenters. The van der Waals surface area contributed by atoms with Gasteiger partial charge in [-0.25, -0.2) is 0 Å². The van der Waals surface area contributed by atoms with Crippen LogP contribution >= 0.6 is 23.2 Å². The Bertz CT molecular complexity index is 843. The number of benzene rings is 1. The van der Waals surface area contributed by atoms with Gasteiger partial charge in [-0.1, -0.05) is 37.0 Å². The number of hydrogen-bond acceptors (Lipinski definition) is 1. The van der Waals surface area contributed by atoms with Gasteiger partial charge < -0.3 is 0 Å². The maximum atomic E-state index is 13.4. The summed E-state index contributed by atoms with van der Waals surface area (Å²) < 4.78 is 40.1. The largest absolute Gasteiger partial charge is 0.412 e. The van der Waals surface area contributed by atoms with Crippen LogP contribution in [0.15, 0.2) is 36.2 Å². The molecule has 1 aliphatic carbocycles. The number of nitrogens with zero attached hydrogens (tertiary/aromatic N) is 1. The van der Waals surface area contributed by atoms with Crippen LogP contribution in [0, 0.1) is 5.92 Å². The van der Waals surface area contributed by atoms with Crippen molar-refractivity contribution in [1.29, 1.82) is 0 Å². The number of aromatic nitrogens is 1. The lowest BCUT2D eigenvalue weighted by atomic mass is 9.85. The van der Waals surface area contributed by atoms with E-state index in [1.807, 2.05) is 13.8 Å². The second-order valence-corrected chi connectivity index (χ2v) is 7.27. The summed E-state index contributed by atoms with van der Waals surface area (Å²) in [4.78, 5) is 3.93. The van der Waals surface area contributed by atoms with E-state index in [1.165, 1.54) is 12.3 Å². The molecule has 0 N–H and O–H groups in total. The van der Waals surface area contributed by atoms with Gasteiger partial charge in [0.1, 0.15) is 0 Å². The third-order valence-electron chi connectivity index (χ3n) is 4.82. The van der Waals surface area contributed by atoms with Crippen LogP contribution in [-0.4, -0.2) is 11.2 Å². The molecule has 0 spiro atoms. The Hall–Kier alpha value is -1.52. The lowest BCUT2D eigenvalue weighted by Gasteiger charge is -2.21. The van der Waals surface area contributed by atoms with E-state index in [0.29, 0.717) is 26.7 Å². The quantitative estimate of drug-likeness (QED) is 0.507. The van der Waals surface area contributed by atoms with E-state index in [0.717, 1.165) is 5.56 Å². The van der Waals surface area contributed by atoms with E-state index in [4.69, 9.17) is 23.2 Å². The summed E-state index contributed by atoms with van der Waals surface area (Å²) in [5.74, 6) is -0.175. The molecule has 2 aromatic rings. The van der Waals surface area contributed by atoms with Gasteiger partial charge in [0.15, 0.2) is 0 Å². The molecule has 1 aromatic heterocycles. The minimum Gasteiger partial charge on any atom is -0.263 e. The van der Waals surface area contributed by atoms with E-state index >= 15 is 0 Å². The lowest BCUT2D eigenvalue weighted by molar-refractivity contribution is -0.0942. The highest BCUT2D eigenvalue weighted by Crippen LogP contribution is 2.44. The van der Waals surface area contributed by atoms with Crippen molar-refractivity contribution in [3.05, 3.63) is 57.3 Å². The predicted octanol–water partition coefficient (Wildman–Crippen LogP) is 7.14. The van der Waals surface area contributed by atoms with Gasteiger partial charge in [0, 0.05) is 34.1 Å². The third kappa shape index (κ3) is 3.56. The molecule has 0 saturated carbocycles. The number of fused-ring (bicyclic) bond motifs is 1. The molecule has 2 atom stereocenters. The number of alkyl halides is 3. The van der Waals surface area contributed by atoms with Crippen LogP contribution in [0.3, 0.4) is 0 Å². The Balaban J connectivity index is 2.23. The topological polar surface area (TPSA) is 12.9 Å². The molecular weight excluding hydrogens is 370 g/mol. The minimum absolute atomic E-state index is 0.0116. The summed E-state index contributed by atoms with van der Waals surface area (Å²) in [5.41, 5.74) is 2.10. The molecule has 0 saturated heterocycles. The molecule has 0 aliphatic heterocycles. The highest BCUT2D eigenvalue weighted by molar-refractivity contribution is 6.36. The molecule has 1 aromatic carbocycles. The maximum Gasteiger partial charge on any atom is 0.412 e. The molecule has 25 heavy (non-hydrogen) atoms.